The molecule has 0 unspecified atom stereocenters. The lowest BCUT2D eigenvalue weighted by molar-refractivity contribution is -0.143. The van der Waals surface area contributed by atoms with Crippen LogP contribution in [0.4, 0.5) is 0 Å². The van der Waals surface area contributed by atoms with Gasteiger partial charge < -0.3 is 14.2 Å². The first-order valence-corrected chi connectivity index (χ1v) is 12.3. The van der Waals surface area contributed by atoms with Gasteiger partial charge in [0, 0.05) is 0 Å². The summed E-state index contributed by atoms with van der Waals surface area (Å²) in [5.74, 6) is 0.327. The van der Waals surface area contributed by atoms with Gasteiger partial charge in [-0.3, -0.25) is 14.4 Å². The highest BCUT2D eigenvalue weighted by molar-refractivity contribution is 5.72. The van der Waals surface area contributed by atoms with Crippen LogP contribution in [0.15, 0.2) is 0 Å². The van der Waals surface area contributed by atoms with Gasteiger partial charge in [0.25, 0.3) is 0 Å². The number of ether oxygens (including phenoxy) is 3. The standard InChI is InChI=1S/2C8H14N4O2.C5H8N4O2/c1-4-14-8(13)5-7-9-10-11-12(7)6(2)3;1-4-14-8(13)5-7-9-11-12(10-7)6(2)3;1-2-11-5(10)3-4-6-8-9-7-4/h2*6H,4-5H2,1-3H3;2-3H2,1H3,(H,6,7,8,9). The molecule has 0 aliphatic rings. The Hall–Kier alpha value is -4.38. The zero-order valence-corrected chi connectivity index (χ0v) is 23.3. The molecule has 3 aromatic heterocycles. The fourth-order valence-corrected chi connectivity index (χ4v) is 2.56. The number of esters is 3. The predicted octanol–water partition coefficient (Wildman–Crippen LogP) is 0.0245. The molecular formula is C21H36N12O6. The Balaban J connectivity index is 0.000000295. The molecule has 0 saturated carbocycles. The van der Waals surface area contributed by atoms with Crippen molar-refractivity contribution in [1.29, 1.82) is 0 Å². The molecule has 18 heteroatoms. The molecule has 39 heavy (non-hydrogen) atoms. The van der Waals surface area contributed by atoms with Crippen LogP contribution in [-0.4, -0.2) is 98.8 Å². The Morgan fingerprint density at radius 3 is 1.77 bits per heavy atom. The number of hydrogen-bond acceptors (Lipinski definition) is 15. The molecule has 0 saturated heterocycles. The smallest absolute Gasteiger partial charge is 0.313 e. The van der Waals surface area contributed by atoms with Gasteiger partial charge in [-0.1, -0.05) is 5.21 Å². The molecule has 0 aliphatic carbocycles. The molecule has 3 rings (SSSR count). The maximum absolute atomic E-state index is 11.2. The Bertz CT molecular complexity index is 1110. The number of aromatic amines is 1. The van der Waals surface area contributed by atoms with Crippen LogP contribution in [0.5, 0.6) is 0 Å². The number of aromatic nitrogens is 12. The van der Waals surface area contributed by atoms with Crippen LogP contribution in [0.2, 0.25) is 0 Å². The second-order valence-electron chi connectivity index (χ2n) is 8.03. The summed E-state index contributed by atoms with van der Waals surface area (Å²) in [4.78, 5) is 34.4. The molecule has 0 fully saturated rings. The highest BCUT2D eigenvalue weighted by atomic mass is 16.5. The van der Waals surface area contributed by atoms with E-state index in [-0.39, 0.29) is 49.3 Å². The Morgan fingerprint density at radius 1 is 0.744 bits per heavy atom. The minimum Gasteiger partial charge on any atom is -0.466 e. The van der Waals surface area contributed by atoms with E-state index in [4.69, 9.17) is 9.47 Å². The number of tetrazole rings is 3. The minimum absolute atomic E-state index is 0.0737. The molecule has 0 bridgehead atoms. The summed E-state index contributed by atoms with van der Waals surface area (Å²) in [7, 11) is 0. The number of carbonyl (C=O) groups is 3. The van der Waals surface area contributed by atoms with Gasteiger partial charge in [-0.2, -0.15) is 10.0 Å². The van der Waals surface area contributed by atoms with Crippen LogP contribution in [0.25, 0.3) is 0 Å². The monoisotopic (exact) mass is 552 g/mol. The summed E-state index contributed by atoms with van der Waals surface area (Å²) in [6.07, 6.45) is 0.282. The lowest BCUT2D eigenvalue weighted by Crippen LogP contribution is -2.14. The number of nitrogens with one attached hydrogen (secondary N) is 1. The molecule has 1 N–H and O–H groups in total. The van der Waals surface area contributed by atoms with Crippen LogP contribution < -0.4 is 0 Å². The lowest BCUT2D eigenvalue weighted by Gasteiger charge is -2.06. The third-order valence-electron chi connectivity index (χ3n) is 4.19. The fraction of sp³-hybridized carbons (Fsp3) is 0.714. The number of nitrogens with zero attached hydrogens (tertiary/aromatic N) is 11. The van der Waals surface area contributed by atoms with Crippen LogP contribution in [0.1, 0.15) is 78.0 Å². The Morgan fingerprint density at radius 2 is 1.31 bits per heavy atom. The molecule has 3 heterocycles. The van der Waals surface area contributed by atoms with E-state index < -0.39 is 0 Å². The zero-order valence-electron chi connectivity index (χ0n) is 23.3. The van der Waals surface area contributed by atoms with Gasteiger partial charge in [0.2, 0.25) is 0 Å². The second kappa shape index (κ2) is 18.0. The molecular weight excluding hydrogens is 516 g/mol. The van der Waals surface area contributed by atoms with Crippen molar-refractivity contribution in [1.82, 2.24) is 61.0 Å². The summed E-state index contributed by atoms with van der Waals surface area (Å²) in [6.45, 7) is 14.2. The molecule has 18 nitrogen and oxygen atoms in total. The maximum Gasteiger partial charge on any atom is 0.313 e. The van der Waals surface area contributed by atoms with E-state index >= 15 is 0 Å². The number of hydrogen-bond donors (Lipinski definition) is 1. The van der Waals surface area contributed by atoms with Crippen LogP contribution in [0, 0.1) is 0 Å². The summed E-state index contributed by atoms with van der Waals surface area (Å²) in [6, 6.07) is 0.299. The average Bonchev–Trinajstić information content (AvgIpc) is 3.63. The SMILES string of the molecule is CCOC(=O)Cc1nn[nH]n1.CCOC(=O)Cc1nnn(C(C)C)n1.CCOC(=O)Cc1nnnn1C(C)C. The van der Waals surface area contributed by atoms with Gasteiger partial charge in [0.15, 0.2) is 17.5 Å². The largest absolute Gasteiger partial charge is 0.466 e. The van der Waals surface area contributed by atoms with E-state index in [1.165, 1.54) is 4.80 Å². The van der Waals surface area contributed by atoms with Crippen molar-refractivity contribution in [2.24, 2.45) is 0 Å². The molecule has 216 valence electrons. The van der Waals surface area contributed by atoms with E-state index in [1.807, 2.05) is 27.7 Å². The summed E-state index contributed by atoms with van der Waals surface area (Å²) in [5.41, 5.74) is 0. The van der Waals surface area contributed by atoms with Crippen molar-refractivity contribution < 1.29 is 28.6 Å². The Kier molecular flexibility index (Phi) is 15.0. The van der Waals surface area contributed by atoms with Gasteiger partial charge in [-0.15, -0.1) is 25.5 Å². The van der Waals surface area contributed by atoms with E-state index in [9.17, 15) is 14.4 Å². The third kappa shape index (κ3) is 13.1. The number of H-pyrrole nitrogens is 1. The van der Waals surface area contributed by atoms with Crippen molar-refractivity contribution in [3.63, 3.8) is 0 Å². The van der Waals surface area contributed by atoms with Gasteiger partial charge in [-0.05, 0) is 64.1 Å². The van der Waals surface area contributed by atoms with Gasteiger partial charge in [0.1, 0.15) is 19.3 Å². The van der Waals surface area contributed by atoms with E-state index in [0.717, 1.165) is 0 Å². The van der Waals surface area contributed by atoms with E-state index in [1.54, 1.807) is 25.5 Å². The van der Waals surface area contributed by atoms with Crippen molar-refractivity contribution in [3.8, 4) is 0 Å². The van der Waals surface area contributed by atoms with Crippen molar-refractivity contribution in [3.05, 3.63) is 17.5 Å². The second-order valence-corrected chi connectivity index (χ2v) is 8.03. The van der Waals surface area contributed by atoms with Crippen LogP contribution >= 0.6 is 0 Å². The summed E-state index contributed by atoms with van der Waals surface area (Å²) >= 11 is 0. The molecule has 0 radical (unpaired) electrons. The predicted molar refractivity (Wildman–Crippen MR) is 132 cm³/mol. The van der Waals surface area contributed by atoms with Crippen molar-refractivity contribution in [2.75, 3.05) is 19.8 Å². The zero-order chi connectivity index (χ0) is 29.2. The average molecular weight is 553 g/mol. The Labute approximate surface area is 225 Å². The number of carbonyl (C=O) groups excluding carboxylic acids is 3. The first-order valence-electron chi connectivity index (χ1n) is 12.3. The molecule has 0 spiro atoms. The summed E-state index contributed by atoms with van der Waals surface area (Å²) in [5, 5.41) is 35.3. The highest BCUT2D eigenvalue weighted by Crippen LogP contribution is 2.05. The van der Waals surface area contributed by atoms with Crippen molar-refractivity contribution in [2.45, 2.75) is 79.8 Å². The highest BCUT2D eigenvalue weighted by Gasteiger charge is 2.14. The normalized spacial score (nSPS) is 10.3. The van der Waals surface area contributed by atoms with E-state index in [2.05, 4.69) is 56.3 Å². The first kappa shape index (κ1) is 32.6. The lowest BCUT2D eigenvalue weighted by atomic mass is 10.3. The van der Waals surface area contributed by atoms with Crippen molar-refractivity contribution >= 4 is 17.9 Å². The molecule has 0 amide bonds. The quantitative estimate of drug-likeness (QED) is 0.245. The first-order chi connectivity index (χ1) is 18.6. The molecule has 0 aliphatic heterocycles. The fourth-order valence-electron chi connectivity index (χ4n) is 2.56. The maximum atomic E-state index is 11.2. The van der Waals surface area contributed by atoms with Gasteiger partial charge in [0.05, 0.1) is 31.9 Å². The third-order valence-corrected chi connectivity index (χ3v) is 4.19. The van der Waals surface area contributed by atoms with Gasteiger partial charge in [-0.25, -0.2) is 4.68 Å². The van der Waals surface area contributed by atoms with Crippen LogP contribution in [-0.2, 0) is 47.9 Å². The van der Waals surface area contributed by atoms with Gasteiger partial charge >= 0.3 is 17.9 Å². The molecule has 0 atom stereocenters. The van der Waals surface area contributed by atoms with Crippen LogP contribution in [0.3, 0.4) is 0 Å². The number of rotatable bonds is 11. The molecule has 0 aromatic carbocycles. The van der Waals surface area contributed by atoms with E-state index in [0.29, 0.717) is 37.3 Å². The minimum atomic E-state index is -0.339. The molecule has 3 aromatic rings. The summed E-state index contributed by atoms with van der Waals surface area (Å²) < 4.78 is 15.8. The topological polar surface area (TPSA) is 221 Å².